The van der Waals surface area contributed by atoms with Crippen molar-refractivity contribution >= 4 is 34.7 Å². The Morgan fingerprint density at radius 3 is 1.06 bits per heavy atom. The molecule has 0 spiro atoms. The second-order valence-corrected chi connectivity index (χ2v) is 23.4. The van der Waals surface area contributed by atoms with Crippen LogP contribution in [0.4, 0.5) is 0 Å². The Labute approximate surface area is 495 Å². The lowest BCUT2D eigenvalue weighted by atomic mass is 9.54. The predicted octanol–water partition coefficient (Wildman–Crippen LogP) is 8.85. The van der Waals surface area contributed by atoms with Crippen LogP contribution in [-0.4, -0.2) is 131 Å². The number of nitrogens with zero attached hydrogens (tertiary/aromatic N) is 2. The summed E-state index contributed by atoms with van der Waals surface area (Å²) in [5, 5.41) is 0. The molecule has 20 nitrogen and oxygen atoms in total. The highest BCUT2D eigenvalue weighted by molar-refractivity contribution is 6.37. The number of carbonyl (C=O) groups is 6. The molecule has 4 aromatic carbocycles. The van der Waals surface area contributed by atoms with E-state index in [0.29, 0.717) is 11.1 Å². The SMILES string of the molecule is CC[C@@]12O[C@@H](c3c(C)cc(C)cc3C)O[C@@H]1C1=C3C(=O)[C@@H]2[C@H]2C(=O)C4=C(C(C5=C4C(=O)c4c(OCOC)ccc(OCOC)c4C5=O)[N+](=[N-])C1C1=C3C(=O)c3c(OCOC)ccc(OCOC)c3C1=O)[C@H]1O[C@H](c3c(C)cc(C)cc3C)O[C@]12CC. The fourth-order valence-electron chi connectivity index (χ4n) is 15.8. The van der Waals surface area contributed by atoms with Gasteiger partial charge in [0.15, 0.2) is 75.0 Å². The van der Waals surface area contributed by atoms with Crippen molar-refractivity contribution in [3.05, 3.63) is 165 Å². The second-order valence-electron chi connectivity index (χ2n) is 23.4. The zero-order chi connectivity index (χ0) is 60.9. The number of allylic oxidation sites excluding steroid dienone is 4. The highest BCUT2D eigenvalue weighted by Gasteiger charge is 2.77. The molecule has 0 amide bonds. The van der Waals surface area contributed by atoms with Crippen LogP contribution in [0.2, 0.25) is 0 Å². The van der Waals surface area contributed by atoms with E-state index in [1.54, 1.807) is 13.8 Å². The molecule has 86 heavy (non-hydrogen) atoms. The summed E-state index contributed by atoms with van der Waals surface area (Å²) in [4.78, 5) is 99.9. The van der Waals surface area contributed by atoms with E-state index in [1.165, 1.54) is 52.7 Å². The van der Waals surface area contributed by atoms with Crippen molar-refractivity contribution in [2.75, 3.05) is 55.6 Å². The number of carbonyl (C=O) groups excluding carboxylic acids is 6. The smallest absolute Gasteiger partial charge is 0.201 e. The van der Waals surface area contributed by atoms with Gasteiger partial charge in [-0.15, -0.1) is 0 Å². The average Bonchev–Trinajstić information content (AvgIpc) is 1.48. The summed E-state index contributed by atoms with van der Waals surface area (Å²) in [7, 11) is 5.53. The van der Waals surface area contributed by atoms with Gasteiger partial charge in [0, 0.05) is 73.0 Å². The third-order valence-corrected chi connectivity index (χ3v) is 18.8. The summed E-state index contributed by atoms with van der Waals surface area (Å²) >= 11 is 0. The Bertz CT molecular complexity index is 3640. The van der Waals surface area contributed by atoms with Crippen molar-refractivity contribution in [1.29, 1.82) is 0 Å². The molecule has 0 N–H and O–H groups in total. The van der Waals surface area contributed by atoms with Crippen LogP contribution >= 0.6 is 0 Å². The number of Topliss-reactive ketones (excluding diaryl/α,β-unsaturated/α-hetero) is 6. The van der Waals surface area contributed by atoms with Crippen LogP contribution in [0.3, 0.4) is 0 Å². The van der Waals surface area contributed by atoms with Gasteiger partial charge in [0.05, 0.1) is 45.2 Å². The zero-order valence-electron chi connectivity index (χ0n) is 49.7. The van der Waals surface area contributed by atoms with Crippen molar-refractivity contribution in [3.8, 4) is 23.0 Å². The molecule has 446 valence electrons. The maximum absolute atomic E-state index is 17.3. The highest BCUT2D eigenvalue weighted by Crippen LogP contribution is 2.67. The van der Waals surface area contributed by atoms with Gasteiger partial charge in [0.25, 0.3) is 0 Å². The molecule has 3 heterocycles. The summed E-state index contributed by atoms with van der Waals surface area (Å²) in [6.07, 6.45) is -5.45. The van der Waals surface area contributed by atoms with Crippen molar-refractivity contribution in [1.82, 2.24) is 0 Å². The molecule has 20 heteroatoms. The summed E-state index contributed by atoms with van der Waals surface area (Å²) < 4.78 is 75.8. The molecule has 4 aromatic rings. The molecule has 13 rings (SSSR count). The fraction of sp³-hybridized carbons (Fsp3) is 0.424. The van der Waals surface area contributed by atoms with E-state index in [-0.39, 0.29) is 119 Å². The number of hydrogen-bond acceptors (Lipinski definition) is 18. The van der Waals surface area contributed by atoms with E-state index in [9.17, 15) is 5.53 Å². The third-order valence-electron chi connectivity index (χ3n) is 18.8. The Hall–Kier alpha value is -7.66. The summed E-state index contributed by atoms with van der Waals surface area (Å²) in [6.45, 7) is 13.7. The largest absolute Gasteiger partial charge is 0.505 e. The van der Waals surface area contributed by atoms with E-state index in [0.717, 1.165) is 38.1 Å². The number of aryl methyl sites for hydroxylation is 6. The van der Waals surface area contributed by atoms with Crippen LogP contribution in [0.1, 0.15) is 125 Å². The monoisotopic (exact) mass is 1170 g/mol. The Morgan fingerprint density at radius 2 is 0.767 bits per heavy atom. The van der Waals surface area contributed by atoms with Gasteiger partial charge in [-0.05, 0) is 101 Å². The van der Waals surface area contributed by atoms with Gasteiger partial charge < -0.3 is 67.1 Å². The molecule has 0 saturated carbocycles. The Balaban J connectivity index is 1.15. The molecular weight excluding hydrogens is 1110 g/mol. The molecular formula is C66H64N2O18. The van der Waals surface area contributed by atoms with E-state index < -0.39 is 106 Å². The minimum atomic E-state index is -1.88. The molecule has 6 bridgehead atoms. The Morgan fingerprint density at radius 1 is 0.465 bits per heavy atom. The normalized spacial score (nSPS) is 28.3. The first-order valence-corrected chi connectivity index (χ1v) is 28.6. The minimum Gasteiger partial charge on any atom is -0.505 e. The van der Waals surface area contributed by atoms with E-state index in [4.69, 9.17) is 56.8 Å². The number of hydrogen-bond donors (Lipinski definition) is 0. The molecule has 2 fully saturated rings. The standard InChI is InChI=1S/C66H64N2O18/c1-13-65-51-52-60(74)46-44-48(58(72)42-36(82-26-78-12)18-16-34(80-24-76-10)40(42)56(44)70)54(50(46)62-66(52,14-2)86-64(84-62)38-31(7)21-28(4)22-32(38)8)68(67)53-47-43(55(69)39-33(79-23-75-9)15-17-35(81-25-77-11)41(39)57(47)71)45(59(51)73)49(53)61(65)83-63(85-65)37-29(5)19-27(3)20-30(37)6/h15-22,51-54,61-64H,13-14,23-26H2,1-12H3/t51-,52-,53?,54?,61+,62+,63-,64-,65-,66-/m0/s1. The molecule has 2 saturated heterocycles. The molecule has 9 aliphatic rings. The van der Waals surface area contributed by atoms with Crippen LogP contribution < -0.4 is 18.9 Å². The number of ketones is 6. The lowest BCUT2D eigenvalue weighted by Crippen LogP contribution is -2.66. The molecule has 2 unspecified atom stereocenters. The Kier molecular flexibility index (Phi) is 13.9. The second kappa shape index (κ2) is 20.8. The van der Waals surface area contributed by atoms with Gasteiger partial charge in [-0.3, -0.25) is 28.8 Å². The zero-order valence-corrected chi connectivity index (χ0v) is 49.7. The number of ether oxygens (including phenoxy) is 12. The van der Waals surface area contributed by atoms with Crippen molar-refractivity contribution < 1.29 is 90.3 Å². The molecule has 6 aliphatic carbocycles. The van der Waals surface area contributed by atoms with Gasteiger partial charge in [0.1, 0.15) is 46.4 Å². The maximum Gasteiger partial charge on any atom is 0.201 e. The van der Waals surface area contributed by atoms with Gasteiger partial charge in [0.2, 0.25) is 11.6 Å². The third kappa shape index (κ3) is 7.63. The van der Waals surface area contributed by atoms with Crippen LogP contribution in [0.5, 0.6) is 23.0 Å². The quantitative estimate of drug-likeness (QED) is 0.0752. The first-order valence-electron chi connectivity index (χ1n) is 28.6. The summed E-state index contributed by atoms with van der Waals surface area (Å²) in [6, 6.07) is 9.87. The predicted molar refractivity (Wildman–Crippen MR) is 301 cm³/mol. The average molecular weight is 1170 g/mol. The van der Waals surface area contributed by atoms with Gasteiger partial charge in [-0.25, -0.2) is 0 Å². The fourth-order valence-corrected chi connectivity index (χ4v) is 15.8. The first-order chi connectivity index (χ1) is 41.3. The molecule has 3 aliphatic heterocycles. The molecule has 10 atom stereocenters. The lowest BCUT2D eigenvalue weighted by Gasteiger charge is -2.51. The maximum atomic E-state index is 17.3. The van der Waals surface area contributed by atoms with Crippen LogP contribution in [0.25, 0.3) is 5.53 Å². The van der Waals surface area contributed by atoms with Crippen molar-refractivity contribution in [2.24, 2.45) is 11.8 Å². The number of benzene rings is 4. The van der Waals surface area contributed by atoms with Crippen LogP contribution in [0.15, 0.2) is 93.1 Å². The van der Waals surface area contributed by atoms with Crippen molar-refractivity contribution in [3.63, 3.8) is 0 Å². The first kappa shape index (κ1) is 57.4. The van der Waals surface area contributed by atoms with Gasteiger partial charge >= 0.3 is 0 Å². The van der Waals surface area contributed by atoms with E-state index >= 15 is 28.8 Å². The topological polar surface area (TPSA) is 238 Å². The minimum absolute atomic E-state index is 0.0342. The number of rotatable bonds is 16. The summed E-state index contributed by atoms with van der Waals surface area (Å²) in [5.41, 5.74) is 13.6. The van der Waals surface area contributed by atoms with E-state index in [1.807, 2.05) is 65.8 Å². The van der Waals surface area contributed by atoms with E-state index in [2.05, 4.69) is 0 Å². The molecule has 0 radical (unpaired) electrons. The number of fused-ring (bicyclic) bond motifs is 9. The van der Waals surface area contributed by atoms with Crippen molar-refractivity contribution in [2.45, 2.75) is 116 Å². The van der Waals surface area contributed by atoms with Gasteiger partial charge in [-0.2, -0.15) is 0 Å². The van der Waals surface area contributed by atoms with Gasteiger partial charge in [-0.1, -0.05) is 49.2 Å². The number of methoxy groups -OCH3 is 4. The summed E-state index contributed by atoms with van der Waals surface area (Å²) in [5.74, 6) is -8.77. The van der Waals surface area contributed by atoms with Crippen LogP contribution in [-0.2, 0) is 47.5 Å². The molecule has 0 aromatic heterocycles. The van der Waals surface area contributed by atoms with Crippen LogP contribution in [0, 0.1) is 53.4 Å². The highest BCUT2D eigenvalue weighted by atomic mass is 16.8. The lowest BCUT2D eigenvalue weighted by molar-refractivity contribution is -0.587.